The zero-order chi connectivity index (χ0) is 10.6. The molecular weight excluding hydrogens is 227 g/mol. The van der Waals surface area contributed by atoms with Gasteiger partial charge in [-0.3, -0.25) is 0 Å². The number of sulfone groups is 1. The molecule has 0 atom stereocenters. The summed E-state index contributed by atoms with van der Waals surface area (Å²) in [6.45, 7) is 0. The van der Waals surface area contributed by atoms with Crippen molar-refractivity contribution in [3.8, 4) is 0 Å². The minimum Gasteiger partial charge on any atom is -0.616 e. The van der Waals surface area contributed by atoms with Crippen LogP contribution in [0.4, 0.5) is 0 Å². The van der Waals surface area contributed by atoms with Crippen LogP contribution in [-0.2, 0) is 14.6 Å². The molecule has 76 valence electrons. The Bertz CT molecular complexity index is 425. The van der Waals surface area contributed by atoms with Gasteiger partial charge in [0.1, 0.15) is 0 Å². The summed E-state index contributed by atoms with van der Waals surface area (Å²) in [7, 11) is -2.55. The third-order valence-corrected chi connectivity index (χ3v) is 2.96. The van der Waals surface area contributed by atoms with E-state index < -0.39 is 15.8 Å². The van der Waals surface area contributed by atoms with Gasteiger partial charge >= 0.3 is 29.6 Å². The molecule has 1 aromatic rings. The van der Waals surface area contributed by atoms with Gasteiger partial charge in [0.05, 0.1) is 16.2 Å². The van der Waals surface area contributed by atoms with E-state index in [9.17, 15) is 13.5 Å². The molecule has 15 heavy (non-hydrogen) atoms. The monoisotopic (exact) mass is 236 g/mol. The Morgan fingerprint density at radius 1 is 1.33 bits per heavy atom. The van der Waals surface area contributed by atoms with Crippen LogP contribution in [-0.4, -0.2) is 15.5 Å². The summed E-state index contributed by atoms with van der Waals surface area (Å²) in [6, 6.07) is 7.68. The molecule has 0 heterocycles. The Balaban J connectivity index is 0.00000196. The average molecular weight is 236 g/mol. The maximum atomic E-state index is 11.4. The van der Waals surface area contributed by atoms with Crippen LogP contribution in [0.15, 0.2) is 46.6 Å². The summed E-state index contributed by atoms with van der Waals surface area (Å²) < 4.78 is 27.1. The topological polar surface area (TPSA) is 66.4 Å². The van der Waals surface area contributed by atoms with Crippen LogP contribution in [0, 0.1) is 0 Å². The third-order valence-electron chi connectivity index (χ3n) is 1.52. The third kappa shape index (κ3) is 4.25. The predicted molar refractivity (Wildman–Crippen MR) is 48.7 cm³/mol. The van der Waals surface area contributed by atoms with E-state index in [1.54, 1.807) is 18.2 Å². The van der Waals surface area contributed by atoms with Crippen molar-refractivity contribution in [2.75, 3.05) is 7.11 Å². The quantitative estimate of drug-likeness (QED) is 0.422. The van der Waals surface area contributed by atoms with E-state index in [0.717, 1.165) is 7.11 Å². The van der Waals surface area contributed by atoms with Gasteiger partial charge < -0.3 is 9.84 Å². The number of hydrogen-bond donors (Lipinski definition) is 0. The molecule has 0 spiro atoms. The minimum atomic E-state index is -3.67. The zero-order valence-corrected chi connectivity index (χ0v) is 11.3. The van der Waals surface area contributed by atoms with E-state index in [2.05, 4.69) is 4.74 Å². The van der Waals surface area contributed by atoms with E-state index in [-0.39, 0.29) is 34.5 Å². The number of rotatable bonds is 3. The first-order valence-corrected chi connectivity index (χ1v) is 5.34. The van der Waals surface area contributed by atoms with Crippen molar-refractivity contribution in [3.63, 3.8) is 0 Å². The van der Waals surface area contributed by atoms with E-state index in [1.165, 1.54) is 12.1 Å². The largest absolute Gasteiger partial charge is 1.00 e. The normalized spacial score (nSPS) is 11.7. The zero-order valence-electron chi connectivity index (χ0n) is 8.51. The fourth-order valence-corrected chi connectivity index (χ4v) is 1.88. The van der Waals surface area contributed by atoms with Crippen molar-refractivity contribution < 1.29 is 47.8 Å². The van der Waals surface area contributed by atoms with Crippen LogP contribution in [0.5, 0.6) is 0 Å². The van der Waals surface area contributed by atoms with Crippen LogP contribution in [0.3, 0.4) is 0 Å². The van der Waals surface area contributed by atoms with Gasteiger partial charge in [-0.1, -0.05) is 18.2 Å². The van der Waals surface area contributed by atoms with Gasteiger partial charge in [-0.2, -0.15) is 0 Å². The molecular formula is C9H9NaO4S. The second-order valence-electron chi connectivity index (χ2n) is 2.50. The first kappa shape index (κ1) is 14.5. The molecule has 0 aromatic heterocycles. The number of benzene rings is 1. The van der Waals surface area contributed by atoms with Gasteiger partial charge in [0, 0.05) is 0 Å². The van der Waals surface area contributed by atoms with Crippen LogP contribution in [0.25, 0.3) is 0 Å². The van der Waals surface area contributed by atoms with E-state index >= 15 is 0 Å². The Labute approximate surface area is 111 Å². The van der Waals surface area contributed by atoms with Crippen molar-refractivity contribution in [2.45, 2.75) is 4.90 Å². The Morgan fingerprint density at radius 3 is 2.33 bits per heavy atom. The molecule has 0 N–H and O–H groups in total. The molecule has 1 rings (SSSR count). The van der Waals surface area contributed by atoms with E-state index in [4.69, 9.17) is 0 Å². The Kier molecular flexibility index (Phi) is 5.97. The maximum Gasteiger partial charge on any atom is 1.00 e. The number of ether oxygens (including phenoxy) is 1. The summed E-state index contributed by atoms with van der Waals surface area (Å²) in [5.74, 6) is -0.881. The molecule has 0 fully saturated rings. The number of methoxy groups -OCH3 is 1. The first-order valence-electron chi connectivity index (χ1n) is 3.79. The number of hydrogen-bond acceptors (Lipinski definition) is 4. The molecule has 0 aliphatic heterocycles. The van der Waals surface area contributed by atoms with Crippen molar-refractivity contribution in [1.82, 2.24) is 0 Å². The molecule has 1 aromatic carbocycles. The molecule has 6 heteroatoms. The van der Waals surface area contributed by atoms with Gasteiger partial charge in [0.25, 0.3) is 0 Å². The van der Waals surface area contributed by atoms with E-state index in [1.807, 2.05) is 0 Å². The summed E-state index contributed by atoms with van der Waals surface area (Å²) >= 11 is 0. The SMILES string of the molecule is CO/C([O-])=C/S(=O)(=O)c1ccccc1.[Na+]. The maximum absolute atomic E-state index is 11.4. The molecule has 0 aliphatic rings. The minimum absolute atomic E-state index is 0. The van der Waals surface area contributed by atoms with Crippen LogP contribution < -0.4 is 34.7 Å². The fourth-order valence-electron chi connectivity index (χ4n) is 0.853. The standard InChI is InChI=1S/C9H10O4S.Na/c1-13-9(10)7-14(11,12)8-5-3-2-4-6-8;/h2-7,10H,1H3;/q;+1/p-1/b9-7+;. The van der Waals surface area contributed by atoms with Crippen LogP contribution >= 0.6 is 0 Å². The van der Waals surface area contributed by atoms with Crippen molar-refractivity contribution >= 4 is 9.84 Å². The van der Waals surface area contributed by atoms with Gasteiger partial charge in [0.2, 0.25) is 9.84 Å². The second-order valence-corrected chi connectivity index (χ2v) is 4.30. The smallest absolute Gasteiger partial charge is 0.616 e. The molecule has 0 aliphatic carbocycles. The van der Waals surface area contributed by atoms with Gasteiger partial charge in [0.15, 0.2) is 0 Å². The van der Waals surface area contributed by atoms with Gasteiger partial charge in [-0.25, -0.2) is 8.42 Å². The predicted octanol–water partition coefficient (Wildman–Crippen LogP) is -2.73. The molecule has 4 nitrogen and oxygen atoms in total. The average Bonchev–Trinajstić information content (AvgIpc) is 2.18. The Hall–Kier alpha value is -0.490. The van der Waals surface area contributed by atoms with Crippen LogP contribution in [0.2, 0.25) is 0 Å². The fraction of sp³-hybridized carbons (Fsp3) is 0.111. The van der Waals surface area contributed by atoms with Gasteiger partial charge in [-0.15, -0.1) is 0 Å². The molecule has 0 saturated carbocycles. The molecule has 0 radical (unpaired) electrons. The van der Waals surface area contributed by atoms with Crippen molar-refractivity contribution in [1.29, 1.82) is 0 Å². The van der Waals surface area contributed by atoms with Crippen LogP contribution in [0.1, 0.15) is 0 Å². The summed E-state index contributed by atoms with van der Waals surface area (Å²) in [6.07, 6.45) is 0. The molecule has 0 saturated heterocycles. The second kappa shape index (κ2) is 6.17. The molecule has 0 bridgehead atoms. The van der Waals surface area contributed by atoms with Crippen molar-refractivity contribution in [3.05, 3.63) is 41.7 Å². The molecule has 0 unspecified atom stereocenters. The summed E-state index contributed by atoms with van der Waals surface area (Å²) in [4.78, 5) is 0.0744. The summed E-state index contributed by atoms with van der Waals surface area (Å²) in [5, 5.41) is 11.3. The summed E-state index contributed by atoms with van der Waals surface area (Å²) in [5.41, 5.74) is 0. The Morgan fingerprint density at radius 2 is 1.87 bits per heavy atom. The van der Waals surface area contributed by atoms with Crippen molar-refractivity contribution in [2.24, 2.45) is 0 Å². The van der Waals surface area contributed by atoms with E-state index in [0.29, 0.717) is 5.41 Å². The first-order chi connectivity index (χ1) is 6.56. The molecule has 0 amide bonds. The van der Waals surface area contributed by atoms with Gasteiger partial charge in [-0.05, 0) is 19.2 Å².